The molecule has 0 atom stereocenters. The summed E-state index contributed by atoms with van der Waals surface area (Å²) in [7, 11) is 3.94. The highest BCUT2D eigenvalue weighted by molar-refractivity contribution is 5.77. The minimum atomic E-state index is -0.218. The first-order chi connectivity index (χ1) is 11.2. The maximum atomic E-state index is 11.7. The van der Waals surface area contributed by atoms with Gasteiger partial charge in [0.05, 0.1) is 18.4 Å². The van der Waals surface area contributed by atoms with Gasteiger partial charge in [0.15, 0.2) is 6.61 Å². The maximum absolute atomic E-state index is 11.7. The van der Waals surface area contributed by atoms with Crippen molar-refractivity contribution >= 4 is 11.6 Å². The van der Waals surface area contributed by atoms with Crippen LogP contribution in [0.3, 0.4) is 0 Å². The number of carbonyl (C=O) groups excluding carboxylic acids is 1. The number of benzene rings is 1. The number of amides is 1. The fourth-order valence-electron chi connectivity index (χ4n) is 1.88. The molecule has 1 heterocycles. The number of ether oxygens (including phenoxy) is 1. The van der Waals surface area contributed by atoms with E-state index in [0.29, 0.717) is 5.75 Å². The number of pyridine rings is 1. The highest BCUT2D eigenvalue weighted by Gasteiger charge is 2.02. The predicted octanol–water partition coefficient (Wildman–Crippen LogP) is 1.69. The smallest absolute Gasteiger partial charge is 0.258 e. The van der Waals surface area contributed by atoms with Gasteiger partial charge in [-0.25, -0.2) is 0 Å². The summed E-state index contributed by atoms with van der Waals surface area (Å²) in [5.41, 5.74) is 1.98. The average Bonchev–Trinajstić information content (AvgIpc) is 2.58. The van der Waals surface area contributed by atoms with Gasteiger partial charge in [-0.05, 0) is 24.3 Å². The Kier molecular flexibility index (Phi) is 6.01. The number of aromatic nitrogens is 1. The molecule has 1 N–H and O–H groups in total. The van der Waals surface area contributed by atoms with Crippen LogP contribution in [-0.2, 0) is 4.79 Å². The Bertz CT molecular complexity index is 703. The molecule has 5 nitrogen and oxygen atoms in total. The Balaban J connectivity index is 1.80. The summed E-state index contributed by atoms with van der Waals surface area (Å²) in [5, 5.41) is 2.70. The van der Waals surface area contributed by atoms with Crippen LogP contribution >= 0.6 is 0 Å². The third kappa shape index (κ3) is 5.36. The molecule has 0 saturated carbocycles. The number of hydrogen-bond donors (Lipinski definition) is 1. The molecule has 1 amide bonds. The maximum Gasteiger partial charge on any atom is 0.258 e. The summed E-state index contributed by atoms with van der Waals surface area (Å²) in [6, 6.07) is 11.4. The third-order valence-corrected chi connectivity index (χ3v) is 2.99. The Morgan fingerprint density at radius 3 is 2.83 bits per heavy atom. The number of hydrogen-bond acceptors (Lipinski definition) is 4. The molecule has 0 radical (unpaired) electrons. The molecule has 0 aliphatic carbocycles. The summed E-state index contributed by atoms with van der Waals surface area (Å²) in [6.45, 7) is 0.221. The van der Waals surface area contributed by atoms with Gasteiger partial charge >= 0.3 is 0 Å². The van der Waals surface area contributed by atoms with Crippen LogP contribution in [0, 0.1) is 11.8 Å². The minimum absolute atomic E-state index is 0.0539. The molecule has 0 fully saturated rings. The monoisotopic (exact) mass is 309 g/mol. The lowest BCUT2D eigenvalue weighted by atomic mass is 10.1. The molecule has 1 aromatic carbocycles. The number of para-hydroxylation sites is 1. The number of nitrogens with zero attached hydrogens (tertiary/aromatic N) is 2. The molecule has 118 valence electrons. The number of rotatable bonds is 5. The lowest BCUT2D eigenvalue weighted by Gasteiger charge is -2.13. The van der Waals surface area contributed by atoms with Crippen LogP contribution in [0.5, 0.6) is 5.75 Å². The molecule has 0 unspecified atom stereocenters. The van der Waals surface area contributed by atoms with Crippen LogP contribution in [0.15, 0.2) is 48.8 Å². The lowest BCUT2D eigenvalue weighted by molar-refractivity contribution is -0.122. The van der Waals surface area contributed by atoms with E-state index in [0.717, 1.165) is 11.3 Å². The van der Waals surface area contributed by atoms with Gasteiger partial charge in [0.2, 0.25) is 0 Å². The highest BCUT2D eigenvalue weighted by Crippen LogP contribution is 2.16. The van der Waals surface area contributed by atoms with E-state index in [2.05, 4.69) is 22.1 Å². The molecule has 0 saturated heterocycles. The third-order valence-electron chi connectivity index (χ3n) is 2.99. The Morgan fingerprint density at radius 1 is 1.26 bits per heavy atom. The molecule has 2 rings (SSSR count). The zero-order chi connectivity index (χ0) is 16.5. The second-order valence-electron chi connectivity index (χ2n) is 4.97. The van der Waals surface area contributed by atoms with Gasteiger partial charge in [0, 0.05) is 25.9 Å². The molecule has 5 heteroatoms. The first-order valence-corrected chi connectivity index (χ1v) is 7.21. The van der Waals surface area contributed by atoms with Crippen molar-refractivity contribution in [2.24, 2.45) is 0 Å². The van der Waals surface area contributed by atoms with E-state index in [9.17, 15) is 4.79 Å². The van der Waals surface area contributed by atoms with Crippen molar-refractivity contribution in [1.29, 1.82) is 0 Å². The van der Waals surface area contributed by atoms with Crippen molar-refractivity contribution in [3.8, 4) is 17.6 Å². The van der Waals surface area contributed by atoms with Gasteiger partial charge in [0.1, 0.15) is 5.75 Å². The fourth-order valence-corrected chi connectivity index (χ4v) is 1.88. The first-order valence-electron chi connectivity index (χ1n) is 7.21. The molecule has 23 heavy (non-hydrogen) atoms. The Morgan fingerprint density at radius 2 is 2.09 bits per heavy atom. The predicted molar refractivity (Wildman–Crippen MR) is 90.4 cm³/mol. The SMILES string of the molecule is CN(C)c1ccccc1C#CCNC(=O)COc1cccnc1. The molecule has 0 spiro atoms. The van der Waals surface area contributed by atoms with E-state index in [1.807, 2.05) is 43.3 Å². The molecule has 2 aromatic rings. The Labute approximate surface area is 136 Å². The van der Waals surface area contributed by atoms with Crippen LogP contribution in [0.1, 0.15) is 5.56 Å². The molecule has 0 aliphatic heterocycles. The summed E-state index contributed by atoms with van der Waals surface area (Å²) in [6.07, 6.45) is 3.21. The number of carbonyl (C=O) groups is 1. The number of nitrogens with one attached hydrogen (secondary N) is 1. The Hall–Kier alpha value is -3.00. The van der Waals surface area contributed by atoms with Gasteiger partial charge in [-0.2, -0.15) is 0 Å². The van der Waals surface area contributed by atoms with Crippen LogP contribution in [0.25, 0.3) is 0 Å². The van der Waals surface area contributed by atoms with Gasteiger partial charge in [-0.3, -0.25) is 9.78 Å². The van der Waals surface area contributed by atoms with E-state index in [1.165, 1.54) is 0 Å². The second-order valence-corrected chi connectivity index (χ2v) is 4.97. The van der Waals surface area contributed by atoms with Crippen molar-refractivity contribution in [3.63, 3.8) is 0 Å². The van der Waals surface area contributed by atoms with Gasteiger partial charge in [-0.1, -0.05) is 24.0 Å². The van der Waals surface area contributed by atoms with Crippen LogP contribution in [0.2, 0.25) is 0 Å². The molecule has 0 bridgehead atoms. The molecular formula is C18H19N3O2. The quantitative estimate of drug-likeness (QED) is 0.854. The second kappa shape index (κ2) is 8.44. The van der Waals surface area contributed by atoms with E-state index in [1.54, 1.807) is 24.5 Å². The van der Waals surface area contributed by atoms with Gasteiger partial charge < -0.3 is 15.0 Å². The van der Waals surface area contributed by atoms with Crippen molar-refractivity contribution in [2.75, 3.05) is 32.1 Å². The topological polar surface area (TPSA) is 54.5 Å². The fraction of sp³-hybridized carbons (Fsp3) is 0.222. The van der Waals surface area contributed by atoms with E-state index < -0.39 is 0 Å². The standard InChI is InChI=1S/C18H19N3O2/c1-21(2)17-10-4-3-7-15(17)8-5-12-20-18(22)14-23-16-9-6-11-19-13-16/h3-4,6-7,9-11,13H,12,14H2,1-2H3,(H,20,22). The van der Waals surface area contributed by atoms with Crippen molar-refractivity contribution < 1.29 is 9.53 Å². The van der Waals surface area contributed by atoms with E-state index in [4.69, 9.17) is 4.74 Å². The summed E-state index contributed by atoms with van der Waals surface area (Å²) in [4.78, 5) is 17.6. The normalized spacial score (nSPS) is 9.48. The van der Waals surface area contributed by atoms with Crippen molar-refractivity contribution in [3.05, 3.63) is 54.4 Å². The highest BCUT2D eigenvalue weighted by atomic mass is 16.5. The van der Waals surface area contributed by atoms with Gasteiger partial charge in [-0.15, -0.1) is 0 Å². The largest absolute Gasteiger partial charge is 0.482 e. The average molecular weight is 309 g/mol. The van der Waals surface area contributed by atoms with Gasteiger partial charge in [0.25, 0.3) is 5.91 Å². The first kappa shape index (κ1) is 16.4. The zero-order valence-electron chi connectivity index (χ0n) is 13.2. The van der Waals surface area contributed by atoms with E-state index >= 15 is 0 Å². The molecule has 1 aromatic heterocycles. The summed E-state index contributed by atoms with van der Waals surface area (Å²) < 4.78 is 5.30. The zero-order valence-corrected chi connectivity index (χ0v) is 13.2. The molecular weight excluding hydrogens is 290 g/mol. The summed E-state index contributed by atoms with van der Waals surface area (Å²) in [5.74, 6) is 6.36. The van der Waals surface area contributed by atoms with Crippen LogP contribution in [0.4, 0.5) is 5.69 Å². The van der Waals surface area contributed by atoms with Crippen LogP contribution < -0.4 is 15.0 Å². The van der Waals surface area contributed by atoms with E-state index in [-0.39, 0.29) is 19.1 Å². The van der Waals surface area contributed by atoms with Crippen molar-refractivity contribution in [1.82, 2.24) is 10.3 Å². The molecule has 0 aliphatic rings. The minimum Gasteiger partial charge on any atom is -0.482 e. The lowest BCUT2D eigenvalue weighted by Crippen LogP contribution is -2.29. The van der Waals surface area contributed by atoms with Crippen LogP contribution in [-0.4, -0.2) is 38.1 Å². The number of anilines is 1. The van der Waals surface area contributed by atoms with Crippen molar-refractivity contribution in [2.45, 2.75) is 0 Å². The summed E-state index contributed by atoms with van der Waals surface area (Å²) >= 11 is 0.